The van der Waals surface area contributed by atoms with E-state index >= 15 is 0 Å². The monoisotopic (exact) mass is 327 g/mol. The van der Waals surface area contributed by atoms with E-state index in [0.717, 1.165) is 24.8 Å². The molecule has 1 heterocycles. The second kappa shape index (κ2) is 9.39. The fourth-order valence-electron chi connectivity index (χ4n) is 3.08. The van der Waals surface area contributed by atoms with Crippen molar-refractivity contribution in [1.29, 1.82) is 0 Å². The van der Waals surface area contributed by atoms with Crippen LogP contribution in [0.3, 0.4) is 0 Å². The van der Waals surface area contributed by atoms with Crippen LogP contribution in [0.1, 0.15) is 45.1 Å². The lowest BCUT2D eigenvalue weighted by Crippen LogP contribution is -2.41. The van der Waals surface area contributed by atoms with Crippen molar-refractivity contribution in [1.82, 2.24) is 4.90 Å². The number of hydrogen-bond acceptors (Lipinski definition) is 3. The number of β-amino-alcohol motifs (C(OH)–C–C–N with tert-alkyl or cyclic N) is 1. The van der Waals surface area contributed by atoms with Gasteiger partial charge in [0.15, 0.2) is 0 Å². The molecule has 1 aromatic rings. The van der Waals surface area contributed by atoms with Crippen molar-refractivity contribution in [2.24, 2.45) is 5.92 Å². The van der Waals surface area contributed by atoms with Crippen molar-refractivity contribution in [2.75, 3.05) is 26.2 Å². The third kappa shape index (κ3) is 5.79. The number of piperidine rings is 1. The molecule has 1 aliphatic heterocycles. The Morgan fingerprint density at radius 2 is 2.05 bits per heavy atom. The number of halogens is 1. The molecule has 1 aromatic carbocycles. The minimum atomic E-state index is -0.421. The number of likely N-dealkylation sites (tertiary alicyclic amines) is 1. The lowest BCUT2D eigenvalue weighted by molar-refractivity contribution is 0.0534. The van der Waals surface area contributed by atoms with E-state index in [2.05, 4.69) is 31.7 Å². The van der Waals surface area contributed by atoms with Gasteiger partial charge in [-0.05, 0) is 42.9 Å². The molecule has 2 unspecified atom stereocenters. The van der Waals surface area contributed by atoms with Crippen LogP contribution in [-0.2, 0) is 0 Å². The van der Waals surface area contributed by atoms with Gasteiger partial charge in [-0.1, -0.05) is 39.0 Å². The first-order valence-electron chi connectivity index (χ1n) is 8.18. The average Bonchev–Trinajstić information content (AvgIpc) is 2.45. The lowest BCUT2D eigenvalue weighted by atomic mass is 10.00. The normalized spacial score (nSPS) is 20.5. The van der Waals surface area contributed by atoms with Crippen molar-refractivity contribution >= 4 is 12.4 Å². The van der Waals surface area contributed by atoms with Crippen LogP contribution < -0.4 is 4.74 Å². The minimum absolute atomic E-state index is 0. The second-order valence-electron chi connectivity index (χ2n) is 6.66. The Kier molecular flexibility index (Phi) is 8.23. The maximum Gasteiger partial charge on any atom is 0.122 e. The van der Waals surface area contributed by atoms with Gasteiger partial charge < -0.3 is 14.7 Å². The van der Waals surface area contributed by atoms with Crippen LogP contribution in [0.25, 0.3) is 0 Å². The molecule has 22 heavy (non-hydrogen) atoms. The van der Waals surface area contributed by atoms with Gasteiger partial charge in [0, 0.05) is 13.1 Å². The summed E-state index contributed by atoms with van der Waals surface area (Å²) in [6.45, 7) is 9.89. The zero-order chi connectivity index (χ0) is 15.2. The smallest absolute Gasteiger partial charge is 0.122 e. The molecule has 0 bridgehead atoms. The van der Waals surface area contributed by atoms with Crippen LogP contribution in [0, 0.1) is 5.92 Å². The quantitative estimate of drug-likeness (QED) is 0.864. The Balaban J connectivity index is 0.00000242. The van der Waals surface area contributed by atoms with Crippen molar-refractivity contribution in [3.63, 3.8) is 0 Å². The summed E-state index contributed by atoms with van der Waals surface area (Å²) in [7, 11) is 0. The highest BCUT2D eigenvalue weighted by Crippen LogP contribution is 2.26. The van der Waals surface area contributed by atoms with Crippen LogP contribution in [0.2, 0.25) is 0 Å². The maximum atomic E-state index is 10.2. The number of nitrogens with zero attached hydrogens (tertiary/aromatic N) is 1. The number of aliphatic hydroxyl groups excluding tert-OH is 1. The SMILES string of the molecule is CC1CCCN(CC(O)COc2ccccc2C(C)C)C1.Cl. The van der Waals surface area contributed by atoms with Gasteiger partial charge in [0.05, 0.1) is 0 Å². The second-order valence-corrected chi connectivity index (χ2v) is 6.66. The van der Waals surface area contributed by atoms with Gasteiger partial charge in [-0.2, -0.15) is 0 Å². The van der Waals surface area contributed by atoms with Gasteiger partial charge in [0.2, 0.25) is 0 Å². The van der Waals surface area contributed by atoms with Gasteiger partial charge in [-0.15, -0.1) is 12.4 Å². The fourth-order valence-corrected chi connectivity index (χ4v) is 3.08. The first-order chi connectivity index (χ1) is 10.1. The molecule has 2 rings (SSSR count). The molecule has 1 saturated heterocycles. The highest BCUT2D eigenvalue weighted by atomic mass is 35.5. The molecule has 126 valence electrons. The standard InChI is InChI=1S/C18H29NO2.ClH/c1-14(2)17-8-4-5-9-18(17)21-13-16(20)12-19-10-6-7-15(3)11-19;/h4-5,8-9,14-16,20H,6-7,10-13H2,1-3H3;1H. The summed E-state index contributed by atoms with van der Waals surface area (Å²) in [5.74, 6) is 2.08. The molecule has 1 aliphatic rings. The Bertz CT molecular complexity index is 439. The van der Waals surface area contributed by atoms with E-state index in [4.69, 9.17) is 4.74 Å². The Hall–Kier alpha value is -0.770. The van der Waals surface area contributed by atoms with Gasteiger partial charge in [0.1, 0.15) is 18.5 Å². The van der Waals surface area contributed by atoms with E-state index in [1.165, 1.54) is 18.4 Å². The Morgan fingerprint density at radius 3 is 2.73 bits per heavy atom. The van der Waals surface area contributed by atoms with Crippen molar-refractivity contribution in [2.45, 2.75) is 45.6 Å². The van der Waals surface area contributed by atoms with E-state index in [0.29, 0.717) is 19.1 Å². The molecule has 0 amide bonds. The Labute approximate surface area is 141 Å². The minimum Gasteiger partial charge on any atom is -0.491 e. The zero-order valence-corrected chi connectivity index (χ0v) is 14.8. The molecule has 0 spiro atoms. The molecule has 3 nitrogen and oxygen atoms in total. The maximum absolute atomic E-state index is 10.2. The van der Waals surface area contributed by atoms with Gasteiger partial charge in [-0.25, -0.2) is 0 Å². The zero-order valence-electron chi connectivity index (χ0n) is 14.0. The number of para-hydroxylation sites is 1. The first kappa shape index (κ1) is 19.3. The summed E-state index contributed by atoms with van der Waals surface area (Å²) in [5, 5.41) is 10.2. The molecule has 0 aliphatic carbocycles. The number of benzene rings is 1. The number of rotatable bonds is 6. The molecule has 1 fully saturated rings. The summed E-state index contributed by atoms with van der Waals surface area (Å²) in [5.41, 5.74) is 1.20. The van der Waals surface area contributed by atoms with Crippen LogP contribution in [0.4, 0.5) is 0 Å². The third-order valence-corrected chi connectivity index (χ3v) is 4.18. The number of ether oxygens (including phenoxy) is 1. The van der Waals surface area contributed by atoms with Crippen molar-refractivity contribution in [3.8, 4) is 5.75 Å². The molecular weight excluding hydrogens is 298 g/mol. The molecule has 2 atom stereocenters. The molecular formula is C18H30ClNO2. The van der Waals surface area contributed by atoms with Crippen molar-refractivity contribution in [3.05, 3.63) is 29.8 Å². The fraction of sp³-hybridized carbons (Fsp3) is 0.667. The summed E-state index contributed by atoms with van der Waals surface area (Å²) >= 11 is 0. The topological polar surface area (TPSA) is 32.7 Å². The van der Waals surface area contributed by atoms with E-state index < -0.39 is 6.10 Å². The third-order valence-electron chi connectivity index (χ3n) is 4.18. The van der Waals surface area contributed by atoms with Crippen molar-refractivity contribution < 1.29 is 9.84 Å². The first-order valence-corrected chi connectivity index (χ1v) is 8.18. The summed E-state index contributed by atoms with van der Waals surface area (Å²) in [6.07, 6.45) is 2.13. The predicted octanol–water partition coefficient (Wildman–Crippen LogP) is 3.70. The lowest BCUT2D eigenvalue weighted by Gasteiger charge is -2.32. The van der Waals surface area contributed by atoms with Crippen LogP contribution in [0.15, 0.2) is 24.3 Å². The van der Waals surface area contributed by atoms with E-state index in [9.17, 15) is 5.11 Å². The summed E-state index contributed by atoms with van der Waals surface area (Å²) < 4.78 is 5.85. The summed E-state index contributed by atoms with van der Waals surface area (Å²) in [4.78, 5) is 2.36. The van der Waals surface area contributed by atoms with E-state index in [1.807, 2.05) is 18.2 Å². The van der Waals surface area contributed by atoms with Crippen LogP contribution >= 0.6 is 12.4 Å². The predicted molar refractivity (Wildman–Crippen MR) is 94.1 cm³/mol. The summed E-state index contributed by atoms with van der Waals surface area (Å²) in [6, 6.07) is 8.11. The van der Waals surface area contributed by atoms with E-state index in [1.54, 1.807) is 0 Å². The molecule has 4 heteroatoms. The molecule has 0 saturated carbocycles. The number of aliphatic hydroxyl groups is 1. The number of hydrogen-bond donors (Lipinski definition) is 1. The Morgan fingerprint density at radius 1 is 1.32 bits per heavy atom. The highest BCUT2D eigenvalue weighted by Gasteiger charge is 2.19. The van der Waals surface area contributed by atoms with Crippen LogP contribution in [0.5, 0.6) is 5.75 Å². The van der Waals surface area contributed by atoms with Crippen LogP contribution in [-0.4, -0.2) is 42.4 Å². The molecule has 0 aromatic heterocycles. The molecule has 0 radical (unpaired) electrons. The highest BCUT2D eigenvalue weighted by molar-refractivity contribution is 5.85. The molecule has 1 N–H and O–H groups in total. The average molecular weight is 328 g/mol. The van der Waals surface area contributed by atoms with Gasteiger partial charge >= 0.3 is 0 Å². The van der Waals surface area contributed by atoms with E-state index in [-0.39, 0.29) is 12.4 Å². The van der Waals surface area contributed by atoms with Gasteiger partial charge in [0.25, 0.3) is 0 Å². The largest absolute Gasteiger partial charge is 0.491 e. The van der Waals surface area contributed by atoms with Gasteiger partial charge in [-0.3, -0.25) is 0 Å².